The molecule has 0 spiro atoms. The largest absolute Gasteiger partial charge is 0.338 e. The lowest BCUT2D eigenvalue weighted by Gasteiger charge is -2.26. The van der Waals surface area contributed by atoms with E-state index < -0.39 is 0 Å². The lowest BCUT2D eigenvalue weighted by molar-refractivity contribution is -0.132. The zero-order valence-corrected chi connectivity index (χ0v) is 17.4. The molecule has 1 aromatic heterocycles. The zero-order chi connectivity index (χ0) is 22.2. The average molecular weight is 430 g/mol. The molecule has 2 aliphatic heterocycles. The molecule has 8 heteroatoms. The summed E-state index contributed by atoms with van der Waals surface area (Å²) in [6, 6.07) is 16.1. The highest BCUT2D eigenvalue weighted by Gasteiger charge is 2.35. The number of para-hydroxylation sites is 1. The molecular formula is C24H22N4O4. The van der Waals surface area contributed by atoms with Crippen LogP contribution in [-0.2, 0) is 17.8 Å². The first-order valence-corrected chi connectivity index (χ1v) is 10.7. The van der Waals surface area contributed by atoms with Crippen molar-refractivity contribution >= 4 is 17.7 Å². The molecule has 2 aliphatic rings. The van der Waals surface area contributed by atoms with Gasteiger partial charge in [0.2, 0.25) is 5.91 Å². The molecule has 32 heavy (non-hydrogen) atoms. The van der Waals surface area contributed by atoms with Crippen molar-refractivity contribution in [3.8, 4) is 5.69 Å². The van der Waals surface area contributed by atoms with E-state index in [0.717, 1.165) is 11.4 Å². The minimum atomic E-state index is -0.311. The number of amides is 3. The molecule has 1 N–H and O–H groups in total. The molecule has 0 aliphatic carbocycles. The van der Waals surface area contributed by atoms with Crippen LogP contribution in [0.5, 0.6) is 0 Å². The Hall–Kier alpha value is -3.94. The highest BCUT2D eigenvalue weighted by molar-refractivity contribution is 6.21. The minimum absolute atomic E-state index is 0.0841. The van der Waals surface area contributed by atoms with Crippen LogP contribution in [0.2, 0.25) is 0 Å². The van der Waals surface area contributed by atoms with Crippen LogP contribution >= 0.6 is 0 Å². The van der Waals surface area contributed by atoms with E-state index in [-0.39, 0.29) is 42.8 Å². The van der Waals surface area contributed by atoms with Gasteiger partial charge in [0.25, 0.3) is 17.4 Å². The minimum Gasteiger partial charge on any atom is -0.338 e. The second-order valence-electron chi connectivity index (χ2n) is 8.02. The summed E-state index contributed by atoms with van der Waals surface area (Å²) in [7, 11) is 0. The molecule has 0 atom stereocenters. The van der Waals surface area contributed by atoms with Gasteiger partial charge in [-0.05, 0) is 30.7 Å². The Labute approximate surface area is 184 Å². The smallest absolute Gasteiger partial charge is 0.276 e. The molecular weight excluding hydrogens is 408 g/mol. The summed E-state index contributed by atoms with van der Waals surface area (Å²) in [5.41, 5.74) is 2.90. The second-order valence-corrected chi connectivity index (χ2v) is 8.02. The zero-order valence-electron chi connectivity index (χ0n) is 17.4. The van der Waals surface area contributed by atoms with E-state index in [1.54, 1.807) is 29.2 Å². The highest BCUT2D eigenvalue weighted by atomic mass is 16.2. The molecule has 2 aromatic carbocycles. The van der Waals surface area contributed by atoms with Gasteiger partial charge in [0.15, 0.2) is 0 Å². The number of benzene rings is 2. The average Bonchev–Trinajstić information content (AvgIpc) is 3.28. The monoisotopic (exact) mass is 430 g/mol. The fraction of sp³-hybridized carbons (Fsp3) is 0.250. The number of imide groups is 1. The van der Waals surface area contributed by atoms with Crippen LogP contribution in [0.15, 0.2) is 59.4 Å². The molecule has 0 saturated carbocycles. The number of aromatic amines is 1. The lowest BCUT2D eigenvalue weighted by atomic mass is 10.1. The number of rotatable bonds is 5. The normalized spacial score (nSPS) is 15.1. The molecule has 162 valence electrons. The van der Waals surface area contributed by atoms with Gasteiger partial charge in [-0.25, -0.2) is 4.68 Å². The third kappa shape index (κ3) is 3.33. The fourth-order valence-electron chi connectivity index (χ4n) is 4.36. The van der Waals surface area contributed by atoms with Crippen LogP contribution < -0.4 is 5.56 Å². The number of H-pyrrole nitrogens is 1. The topological polar surface area (TPSA) is 95.5 Å². The molecule has 3 heterocycles. The van der Waals surface area contributed by atoms with E-state index in [1.807, 2.05) is 30.3 Å². The van der Waals surface area contributed by atoms with Crippen molar-refractivity contribution in [1.82, 2.24) is 19.6 Å². The van der Waals surface area contributed by atoms with Crippen molar-refractivity contribution in [3.05, 3.63) is 87.3 Å². The molecule has 0 bridgehead atoms. The number of nitrogens with one attached hydrogen (secondary N) is 1. The van der Waals surface area contributed by atoms with Gasteiger partial charge in [-0.3, -0.25) is 29.2 Å². The van der Waals surface area contributed by atoms with Gasteiger partial charge in [-0.1, -0.05) is 30.3 Å². The van der Waals surface area contributed by atoms with E-state index in [9.17, 15) is 19.2 Å². The maximum atomic E-state index is 12.9. The van der Waals surface area contributed by atoms with Gasteiger partial charge in [-0.2, -0.15) is 0 Å². The molecule has 0 unspecified atom stereocenters. The molecule has 3 aromatic rings. The summed E-state index contributed by atoms with van der Waals surface area (Å²) >= 11 is 0. The molecule has 0 saturated heterocycles. The maximum absolute atomic E-state index is 12.9. The molecule has 0 radical (unpaired) electrons. The highest BCUT2D eigenvalue weighted by Crippen LogP contribution is 2.23. The summed E-state index contributed by atoms with van der Waals surface area (Å²) in [6.07, 6.45) is 1.17. The molecule has 8 nitrogen and oxygen atoms in total. The Morgan fingerprint density at radius 3 is 2.25 bits per heavy atom. The first-order chi connectivity index (χ1) is 15.5. The summed E-state index contributed by atoms with van der Waals surface area (Å²) < 4.78 is 1.51. The number of hydrogen-bond acceptors (Lipinski definition) is 4. The number of nitrogens with zero attached hydrogens (tertiary/aromatic N) is 3. The van der Waals surface area contributed by atoms with Crippen LogP contribution in [0, 0.1) is 0 Å². The third-order valence-corrected chi connectivity index (χ3v) is 6.07. The van der Waals surface area contributed by atoms with Crippen LogP contribution in [0.1, 0.15) is 44.8 Å². The standard InChI is InChI=1S/C24H22N4O4/c29-21(11-6-13-27-22(30)17-9-4-5-10-18(17)23(27)31)26-14-12-20-19(15-26)24(32)28(25-20)16-7-2-1-3-8-16/h1-5,7-10,25H,6,11-15H2. The molecule has 5 rings (SSSR count). The summed E-state index contributed by atoms with van der Waals surface area (Å²) in [5.74, 6) is -0.706. The summed E-state index contributed by atoms with van der Waals surface area (Å²) in [6.45, 7) is 0.978. The van der Waals surface area contributed by atoms with E-state index in [4.69, 9.17) is 0 Å². The van der Waals surface area contributed by atoms with Crippen LogP contribution in [0.4, 0.5) is 0 Å². The van der Waals surface area contributed by atoms with Crippen molar-refractivity contribution in [2.75, 3.05) is 13.1 Å². The predicted octanol–water partition coefficient (Wildman–Crippen LogP) is 2.13. The third-order valence-electron chi connectivity index (χ3n) is 6.07. The fourth-order valence-corrected chi connectivity index (χ4v) is 4.36. The van der Waals surface area contributed by atoms with Crippen LogP contribution in [0.25, 0.3) is 5.69 Å². The Morgan fingerprint density at radius 2 is 1.56 bits per heavy atom. The number of carbonyl (C=O) groups excluding carboxylic acids is 3. The van der Waals surface area contributed by atoms with Crippen molar-refractivity contribution < 1.29 is 14.4 Å². The van der Waals surface area contributed by atoms with E-state index in [1.165, 1.54) is 9.58 Å². The lowest BCUT2D eigenvalue weighted by Crippen LogP contribution is -2.38. The van der Waals surface area contributed by atoms with Gasteiger partial charge in [0.1, 0.15) is 0 Å². The van der Waals surface area contributed by atoms with Crippen molar-refractivity contribution in [2.45, 2.75) is 25.8 Å². The molecule has 3 amide bonds. The Kier molecular flexibility index (Phi) is 4.97. The van der Waals surface area contributed by atoms with Crippen molar-refractivity contribution in [1.29, 1.82) is 0 Å². The number of aromatic nitrogens is 2. The number of carbonyl (C=O) groups is 3. The Balaban J connectivity index is 1.21. The molecule has 0 fully saturated rings. The van der Waals surface area contributed by atoms with Gasteiger partial charge in [-0.15, -0.1) is 0 Å². The van der Waals surface area contributed by atoms with E-state index in [2.05, 4.69) is 5.10 Å². The van der Waals surface area contributed by atoms with Gasteiger partial charge < -0.3 is 4.90 Å². The van der Waals surface area contributed by atoms with Gasteiger partial charge >= 0.3 is 0 Å². The summed E-state index contributed by atoms with van der Waals surface area (Å²) in [4.78, 5) is 53.4. The number of hydrogen-bond donors (Lipinski definition) is 1. The Bertz CT molecular complexity index is 1240. The quantitative estimate of drug-likeness (QED) is 0.628. The summed E-state index contributed by atoms with van der Waals surface area (Å²) in [5, 5.41) is 3.16. The van der Waals surface area contributed by atoms with Crippen molar-refractivity contribution in [2.24, 2.45) is 0 Å². The van der Waals surface area contributed by atoms with E-state index >= 15 is 0 Å². The van der Waals surface area contributed by atoms with Gasteiger partial charge in [0.05, 0.1) is 28.9 Å². The SMILES string of the molecule is O=C(CCCN1C(=O)c2ccccc2C1=O)N1CCc2[nH]n(-c3ccccc3)c(=O)c2C1. The number of fused-ring (bicyclic) bond motifs is 2. The van der Waals surface area contributed by atoms with E-state index in [0.29, 0.717) is 36.1 Å². The first-order valence-electron chi connectivity index (χ1n) is 10.7. The first kappa shape index (κ1) is 20.0. The van der Waals surface area contributed by atoms with Crippen molar-refractivity contribution in [3.63, 3.8) is 0 Å². The second kappa shape index (κ2) is 7.96. The van der Waals surface area contributed by atoms with Crippen LogP contribution in [0.3, 0.4) is 0 Å². The Morgan fingerprint density at radius 1 is 0.906 bits per heavy atom. The van der Waals surface area contributed by atoms with Crippen LogP contribution in [-0.4, -0.2) is 50.4 Å². The predicted molar refractivity (Wildman–Crippen MR) is 117 cm³/mol. The van der Waals surface area contributed by atoms with Gasteiger partial charge in [0, 0.05) is 31.6 Å². The maximum Gasteiger partial charge on any atom is 0.276 e.